The van der Waals surface area contributed by atoms with E-state index in [4.69, 9.17) is 0 Å². The summed E-state index contributed by atoms with van der Waals surface area (Å²) in [7, 11) is 1.76. The maximum Gasteiger partial charge on any atom is 0.277 e. The van der Waals surface area contributed by atoms with Crippen molar-refractivity contribution >= 4 is 17.4 Å². The van der Waals surface area contributed by atoms with E-state index in [0.29, 0.717) is 11.5 Å². The molecule has 0 saturated heterocycles. The molecule has 0 spiro atoms. The highest BCUT2D eigenvalue weighted by atomic mass is 16.2. The van der Waals surface area contributed by atoms with Crippen LogP contribution in [0.3, 0.4) is 0 Å². The number of amides is 1. The van der Waals surface area contributed by atoms with E-state index in [2.05, 4.69) is 20.4 Å². The van der Waals surface area contributed by atoms with Crippen molar-refractivity contribution in [2.24, 2.45) is 7.05 Å². The van der Waals surface area contributed by atoms with Gasteiger partial charge in [-0.2, -0.15) is 5.10 Å². The Bertz CT molecular complexity index is 680. The lowest BCUT2D eigenvalue weighted by Gasteiger charge is -1.96. The standard InChI is InChI=1S/C11H10N6O/c1-16-5-3-8(15-16)11(18)14-9-6-17-7-12-4-2-10(17)13-9/h2-7H,1H3,(H,14,18). The van der Waals surface area contributed by atoms with Crippen LogP contribution in [0.5, 0.6) is 0 Å². The molecule has 0 unspecified atom stereocenters. The van der Waals surface area contributed by atoms with Crippen molar-refractivity contribution < 1.29 is 4.79 Å². The Morgan fingerprint density at radius 2 is 2.28 bits per heavy atom. The summed E-state index contributed by atoms with van der Waals surface area (Å²) in [6.45, 7) is 0. The number of anilines is 1. The molecule has 3 aromatic heterocycles. The van der Waals surface area contributed by atoms with Gasteiger partial charge in [0.15, 0.2) is 11.5 Å². The molecule has 0 bridgehead atoms. The van der Waals surface area contributed by atoms with Gasteiger partial charge in [-0.25, -0.2) is 9.97 Å². The summed E-state index contributed by atoms with van der Waals surface area (Å²) in [5.74, 6) is 0.186. The van der Waals surface area contributed by atoms with Gasteiger partial charge < -0.3 is 5.32 Å². The number of hydrogen-bond acceptors (Lipinski definition) is 4. The van der Waals surface area contributed by atoms with E-state index >= 15 is 0 Å². The predicted octanol–water partition coefficient (Wildman–Crippen LogP) is 0.715. The van der Waals surface area contributed by atoms with Crippen molar-refractivity contribution in [2.45, 2.75) is 0 Å². The minimum Gasteiger partial charge on any atom is -0.304 e. The summed E-state index contributed by atoms with van der Waals surface area (Å²) in [6.07, 6.45) is 6.68. The molecule has 0 atom stereocenters. The lowest BCUT2D eigenvalue weighted by atomic mass is 10.4. The average Bonchev–Trinajstić information content (AvgIpc) is 2.94. The molecule has 0 fully saturated rings. The fourth-order valence-electron chi connectivity index (χ4n) is 1.62. The minimum absolute atomic E-state index is 0.285. The fourth-order valence-corrected chi connectivity index (χ4v) is 1.62. The maximum atomic E-state index is 11.9. The van der Waals surface area contributed by atoms with Crippen molar-refractivity contribution in [3.05, 3.63) is 42.7 Å². The van der Waals surface area contributed by atoms with Crippen LogP contribution in [0, 0.1) is 0 Å². The van der Waals surface area contributed by atoms with Crippen LogP contribution < -0.4 is 5.32 Å². The topological polar surface area (TPSA) is 77.1 Å². The highest BCUT2D eigenvalue weighted by Crippen LogP contribution is 2.09. The Morgan fingerprint density at radius 1 is 1.39 bits per heavy atom. The van der Waals surface area contributed by atoms with Crippen molar-refractivity contribution in [1.82, 2.24) is 24.1 Å². The van der Waals surface area contributed by atoms with Gasteiger partial charge in [-0.15, -0.1) is 0 Å². The van der Waals surface area contributed by atoms with E-state index < -0.39 is 0 Å². The highest BCUT2D eigenvalue weighted by molar-refractivity contribution is 6.02. The van der Waals surface area contributed by atoms with E-state index in [1.54, 1.807) is 53.2 Å². The zero-order valence-electron chi connectivity index (χ0n) is 9.61. The molecule has 18 heavy (non-hydrogen) atoms. The fraction of sp³-hybridized carbons (Fsp3) is 0.0909. The van der Waals surface area contributed by atoms with Gasteiger partial charge in [0.25, 0.3) is 5.91 Å². The van der Waals surface area contributed by atoms with Gasteiger partial charge in [-0.3, -0.25) is 13.9 Å². The third kappa shape index (κ3) is 1.81. The van der Waals surface area contributed by atoms with Gasteiger partial charge >= 0.3 is 0 Å². The minimum atomic E-state index is -0.285. The van der Waals surface area contributed by atoms with Crippen LogP contribution >= 0.6 is 0 Å². The van der Waals surface area contributed by atoms with Crippen molar-refractivity contribution in [2.75, 3.05) is 5.32 Å². The lowest BCUT2D eigenvalue weighted by molar-refractivity contribution is 0.102. The van der Waals surface area contributed by atoms with Crippen LogP contribution in [-0.2, 0) is 7.05 Å². The summed E-state index contributed by atoms with van der Waals surface area (Å²) >= 11 is 0. The number of carbonyl (C=O) groups excluding carboxylic acids is 1. The number of carbonyl (C=O) groups is 1. The number of imidazole rings is 1. The lowest BCUT2D eigenvalue weighted by Crippen LogP contribution is -2.13. The first kappa shape index (κ1) is 10.5. The van der Waals surface area contributed by atoms with Crippen LogP contribution in [0.4, 0.5) is 5.82 Å². The molecule has 7 nitrogen and oxygen atoms in total. The van der Waals surface area contributed by atoms with Crippen LogP contribution in [0.15, 0.2) is 37.1 Å². The number of rotatable bonds is 2. The van der Waals surface area contributed by atoms with E-state index in [1.165, 1.54) is 0 Å². The Kier molecular flexibility index (Phi) is 2.30. The normalized spacial score (nSPS) is 10.7. The molecule has 0 aliphatic rings. The zero-order chi connectivity index (χ0) is 12.5. The molecule has 0 radical (unpaired) electrons. The smallest absolute Gasteiger partial charge is 0.277 e. The molecule has 0 aromatic carbocycles. The predicted molar refractivity (Wildman–Crippen MR) is 64.1 cm³/mol. The van der Waals surface area contributed by atoms with Crippen LogP contribution in [-0.4, -0.2) is 30.1 Å². The number of aromatic nitrogens is 5. The van der Waals surface area contributed by atoms with Crippen LogP contribution in [0.25, 0.3) is 5.65 Å². The van der Waals surface area contributed by atoms with Gasteiger partial charge in [-0.1, -0.05) is 0 Å². The first-order chi connectivity index (χ1) is 8.72. The SMILES string of the molecule is Cn1ccc(C(=O)Nc2cn3cnccc3n2)n1. The Labute approximate surface area is 102 Å². The van der Waals surface area contributed by atoms with E-state index in [1.807, 2.05) is 0 Å². The summed E-state index contributed by atoms with van der Waals surface area (Å²) in [5.41, 5.74) is 1.08. The van der Waals surface area contributed by atoms with Gasteiger partial charge in [0, 0.05) is 19.4 Å². The average molecular weight is 242 g/mol. The molecule has 3 heterocycles. The molecular formula is C11H10N6O. The maximum absolute atomic E-state index is 11.9. The second-order valence-electron chi connectivity index (χ2n) is 3.80. The molecule has 0 saturated carbocycles. The third-order valence-electron chi connectivity index (χ3n) is 2.45. The van der Waals surface area contributed by atoms with E-state index in [-0.39, 0.29) is 5.91 Å². The molecule has 0 aliphatic carbocycles. The number of aryl methyl sites for hydroxylation is 1. The first-order valence-electron chi connectivity index (χ1n) is 5.32. The number of hydrogen-bond donors (Lipinski definition) is 1. The summed E-state index contributed by atoms with van der Waals surface area (Å²) in [4.78, 5) is 20.1. The van der Waals surface area contributed by atoms with Crippen molar-refractivity contribution in [3.63, 3.8) is 0 Å². The van der Waals surface area contributed by atoms with Crippen molar-refractivity contribution in [3.8, 4) is 0 Å². The molecule has 1 amide bonds. The second-order valence-corrected chi connectivity index (χ2v) is 3.80. The van der Waals surface area contributed by atoms with Crippen molar-refractivity contribution in [1.29, 1.82) is 0 Å². The molecule has 7 heteroatoms. The summed E-state index contributed by atoms with van der Waals surface area (Å²) < 4.78 is 3.30. The number of nitrogens with zero attached hydrogens (tertiary/aromatic N) is 5. The summed E-state index contributed by atoms with van der Waals surface area (Å²) in [5, 5.41) is 6.70. The van der Waals surface area contributed by atoms with E-state index in [9.17, 15) is 4.79 Å². The molecule has 3 aromatic rings. The molecule has 90 valence electrons. The van der Waals surface area contributed by atoms with E-state index in [0.717, 1.165) is 5.65 Å². The van der Waals surface area contributed by atoms with Gasteiger partial charge in [-0.05, 0) is 12.1 Å². The van der Waals surface area contributed by atoms with Gasteiger partial charge in [0.05, 0.1) is 6.20 Å². The number of fused-ring (bicyclic) bond motifs is 1. The van der Waals surface area contributed by atoms with Gasteiger partial charge in [0.1, 0.15) is 12.0 Å². The second kappa shape index (κ2) is 3.95. The molecule has 0 aliphatic heterocycles. The Morgan fingerprint density at radius 3 is 3.00 bits per heavy atom. The highest BCUT2D eigenvalue weighted by Gasteiger charge is 2.10. The molecule has 1 N–H and O–H groups in total. The summed E-state index contributed by atoms with van der Waals surface area (Å²) in [6, 6.07) is 3.41. The largest absolute Gasteiger partial charge is 0.304 e. The van der Waals surface area contributed by atoms with Crippen LogP contribution in [0.1, 0.15) is 10.5 Å². The Hall–Kier alpha value is -2.70. The quantitative estimate of drug-likeness (QED) is 0.718. The van der Waals surface area contributed by atoms with Gasteiger partial charge in [0.2, 0.25) is 0 Å². The number of nitrogens with one attached hydrogen (secondary N) is 1. The third-order valence-corrected chi connectivity index (χ3v) is 2.45. The first-order valence-corrected chi connectivity index (χ1v) is 5.32. The molecule has 3 rings (SSSR count). The monoisotopic (exact) mass is 242 g/mol. The molecular weight excluding hydrogens is 232 g/mol. The van der Waals surface area contributed by atoms with Crippen LogP contribution in [0.2, 0.25) is 0 Å². The Balaban J connectivity index is 1.86. The zero-order valence-corrected chi connectivity index (χ0v) is 9.61.